The average Bonchev–Trinajstić information content (AvgIpc) is 2.30. The Labute approximate surface area is 93.0 Å². The number of anilines is 1. The third kappa shape index (κ3) is 2.71. The zero-order chi connectivity index (χ0) is 11.4. The second-order valence-corrected chi connectivity index (χ2v) is 3.47. The maximum absolute atomic E-state index is 11.7. The fourth-order valence-electron chi connectivity index (χ4n) is 1.45. The molecule has 5 nitrogen and oxygen atoms in total. The van der Waals surface area contributed by atoms with Gasteiger partial charge >= 0.3 is 0 Å². The van der Waals surface area contributed by atoms with Gasteiger partial charge in [0, 0.05) is 11.8 Å². The molecule has 16 heavy (non-hydrogen) atoms. The Bertz CT molecular complexity index is 374. The highest BCUT2D eigenvalue weighted by Crippen LogP contribution is 2.16. The number of rotatable bonds is 2. The summed E-state index contributed by atoms with van der Waals surface area (Å²) in [7, 11) is 0. The summed E-state index contributed by atoms with van der Waals surface area (Å²) >= 11 is 0. The van der Waals surface area contributed by atoms with Crippen LogP contribution >= 0.6 is 0 Å². The summed E-state index contributed by atoms with van der Waals surface area (Å²) in [5.41, 5.74) is 0.541. The summed E-state index contributed by atoms with van der Waals surface area (Å²) in [4.78, 5) is 11.7. The van der Waals surface area contributed by atoms with Crippen LogP contribution in [-0.4, -0.2) is 36.9 Å². The molecule has 2 rings (SSSR count). The minimum absolute atomic E-state index is 0.110. The van der Waals surface area contributed by atoms with Crippen LogP contribution in [0.25, 0.3) is 0 Å². The Morgan fingerprint density at radius 2 is 2.31 bits per heavy atom. The van der Waals surface area contributed by atoms with Crippen molar-refractivity contribution in [1.82, 2.24) is 0 Å². The molecule has 1 aromatic carbocycles. The van der Waals surface area contributed by atoms with Gasteiger partial charge in [-0.25, -0.2) is 0 Å². The molecular formula is C11H13NO4. The summed E-state index contributed by atoms with van der Waals surface area (Å²) in [5, 5.41) is 11.9. The SMILES string of the molecule is O=C(Nc1cccc(O)c1)C1COCCO1. The molecule has 0 saturated carbocycles. The number of phenols is 1. The number of hydrogen-bond acceptors (Lipinski definition) is 4. The van der Waals surface area contributed by atoms with E-state index in [2.05, 4.69) is 5.32 Å². The van der Waals surface area contributed by atoms with Crippen LogP contribution in [0, 0.1) is 0 Å². The Morgan fingerprint density at radius 3 is 3.00 bits per heavy atom. The molecule has 1 heterocycles. The first-order chi connectivity index (χ1) is 7.75. The minimum atomic E-state index is -0.573. The highest BCUT2D eigenvalue weighted by Gasteiger charge is 2.22. The molecule has 1 atom stereocenters. The zero-order valence-corrected chi connectivity index (χ0v) is 8.68. The van der Waals surface area contributed by atoms with Crippen molar-refractivity contribution in [2.45, 2.75) is 6.10 Å². The second kappa shape index (κ2) is 4.96. The molecule has 1 saturated heterocycles. The van der Waals surface area contributed by atoms with E-state index in [0.29, 0.717) is 18.9 Å². The van der Waals surface area contributed by atoms with E-state index in [4.69, 9.17) is 9.47 Å². The molecule has 0 spiro atoms. The first kappa shape index (κ1) is 10.9. The van der Waals surface area contributed by atoms with E-state index in [0.717, 1.165) is 0 Å². The summed E-state index contributed by atoms with van der Waals surface area (Å²) in [5.74, 6) is -0.149. The van der Waals surface area contributed by atoms with Crippen LogP contribution in [0.1, 0.15) is 0 Å². The van der Waals surface area contributed by atoms with Crippen molar-refractivity contribution < 1.29 is 19.4 Å². The number of carbonyl (C=O) groups is 1. The molecule has 1 fully saturated rings. The maximum Gasteiger partial charge on any atom is 0.255 e. The topological polar surface area (TPSA) is 67.8 Å². The van der Waals surface area contributed by atoms with Gasteiger partial charge in [0.2, 0.25) is 0 Å². The zero-order valence-electron chi connectivity index (χ0n) is 8.68. The summed E-state index contributed by atoms with van der Waals surface area (Å²) in [6, 6.07) is 6.36. The second-order valence-electron chi connectivity index (χ2n) is 3.47. The monoisotopic (exact) mass is 223 g/mol. The number of ether oxygens (including phenoxy) is 2. The quantitative estimate of drug-likeness (QED) is 0.776. The van der Waals surface area contributed by atoms with Crippen LogP contribution in [0.15, 0.2) is 24.3 Å². The molecule has 1 aromatic rings. The smallest absolute Gasteiger partial charge is 0.255 e. The van der Waals surface area contributed by atoms with Gasteiger partial charge < -0.3 is 19.9 Å². The van der Waals surface area contributed by atoms with Crippen LogP contribution in [0.5, 0.6) is 5.75 Å². The first-order valence-electron chi connectivity index (χ1n) is 5.05. The van der Waals surface area contributed by atoms with Gasteiger partial charge in [0.25, 0.3) is 5.91 Å². The average molecular weight is 223 g/mol. The van der Waals surface area contributed by atoms with E-state index in [1.165, 1.54) is 12.1 Å². The van der Waals surface area contributed by atoms with E-state index >= 15 is 0 Å². The van der Waals surface area contributed by atoms with Gasteiger partial charge in [-0.2, -0.15) is 0 Å². The van der Waals surface area contributed by atoms with Crippen LogP contribution in [0.3, 0.4) is 0 Å². The van der Waals surface area contributed by atoms with E-state index in [9.17, 15) is 9.90 Å². The van der Waals surface area contributed by atoms with E-state index in [1.807, 2.05) is 0 Å². The predicted octanol–water partition coefficient (Wildman–Crippen LogP) is 0.746. The van der Waals surface area contributed by atoms with Crippen LogP contribution < -0.4 is 5.32 Å². The number of phenolic OH excluding ortho intramolecular Hbond substituents is 1. The molecule has 0 radical (unpaired) electrons. The molecule has 0 aromatic heterocycles. The van der Waals surface area contributed by atoms with Gasteiger partial charge in [0.1, 0.15) is 5.75 Å². The Balaban J connectivity index is 1.96. The molecular weight excluding hydrogens is 210 g/mol. The first-order valence-corrected chi connectivity index (χ1v) is 5.05. The molecule has 1 aliphatic heterocycles. The van der Waals surface area contributed by atoms with Gasteiger partial charge in [-0.1, -0.05) is 6.07 Å². The number of nitrogens with one attached hydrogen (secondary N) is 1. The van der Waals surface area contributed by atoms with Crippen molar-refractivity contribution in [2.24, 2.45) is 0 Å². The molecule has 2 N–H and O–H groups in total. The molecule has 1 unspecified atom stereocenters. The molecule has 86 valence electrons. The number of benzene rings is 1. The lowest BCUT2D eigenvalue weighted by atomic mass is 10.2. The third-order valence-electron chi connectivity index (χ3n) is 2.22. The lowest BCUT2D eigenvalue weighted by molar-refractivity contribution is -0.142. The lowest BCUT2D eigenvalue weighted by Gasteiger charge is -2.22. The fourth-order valence-corrected chi connectivity index (χ4v) is 1.45. The highest BCUT2D eigenvalue weighted by atomic mass is 16.6. The predicted molar refractivity (Wildman–Crippen MR) is 57.3 cm³/mol. The van der Waals surface area contributed by atoms with Crippen molar-refractivity contribution in [2.75, 3.05) is 25.1 Å². The van der Waals surface area contributed by atoms with Crippen molar-refractivity contribution in [3.8, 4) is 5.75 Å². The molecule has 5 heteroatoms. The van der Waals surface area contributed by atoms with E-state index in [-0.39, 0.29) is 18.3 Å². The van der Waals surface area contributed by atoms with E-state index < -0.39 is 6.10 Å². The van der Waals surface area contributed by atoms with Crippen LogP contribution in [0.4, 0.5) is 5.69 Å². The van der Waals surface area contributed by atoms with Crippen molar-refractivity contribution in [3.63, 3.8) is 0 Å². The standard InChI is InChI=1S/C11H13NO4/c13-9-3-1-2-8(6-9)12-11(14)10-7-15-4-5-16-10/h1-3,6,10,13H,4-5,7H2,(H,12,14). The Hall–Kier alpha value is -1.59. The normalized spacial score (nSPS) is 20.4. The Morgan fingerprint density at radius 1 is 1.44 bits per heavy atom. The van der Waals surface area contributed by atoms with Crippen molar-refractivity contribution in [1.29, 1.82) is 0 Å². The highest BCUT2D eigenvalue weighted by molar-refractivity contribution is 5.94. The van der Waals surface area contributed by atoms with Gasteiger partial charge in [-0.15, -0.1) is 0 Å². The molecule has 1 amide bonds. The Kier molecular flexibility index (Phi) is 3.38. The number of hydrogen-bond donors (Lipinski definition) is 2. The number of aromatic hydroxyl groups is 1. The van der Waals surface area contributed by atoms with Crippen molar-refractivity contribution in [3.05, 3.63) is 24.3 Å². The lowest BCUT2D eigenvalue weighted by Crippen LogP contribution is -2.39. The summed E-state index contributed by atoms with van der Waals surface area (Å²) in [6.45, 7) is 1.22. The minimum Gasteiger partial charge on any atom is -0.508 e. The molecule has 0 bridgehead atoms. The largest absolute Gasteiger partial charge is 0.508 e. The molecule has 1 aliphatic rings. The number of carbonyl (C=O) groups excluding carboxylic acids is 1. The van der Waals surface area contributed by atoms with Gasteiger partial charge in [0.15, 0.2) is 6.10 Å². The molecule has 0 aliphatic carbocycles. The summed E-state index contributed by atoms with van der Waals surface area (Å²) < 4.78 is 10.4. The van der Waals surface area contributed by atoms with Crippen molar-refractivity contribution >= 4 is 11.6 Å². The summed E-state index contributed by atoms with van der Waals surface area (Å²) in [6.07, 6.45) is -0.573. The maximum atomic E-state index is 11.7. The fraction of sp³-hybridized carbons (Fsp3) is 0.364. The number of amides is 1. The van der Waals surface area contributed by atoms with Crippen LogP contribution in [-0.2, 0) is 14.3 Å². The van der Waals surface area contributed by atoms with Crippen LogP contribution in [0.2, 0.25) is 0 Å². The van der Waals surface area contributed by atoms with E-state index in [1.54, 1.807) is 12.1 Å². The van der Waals surface area contributed by atoms with Gasteiger partial charge in [-0.3, -0.25) is 4.79 Å². The van der Waals surface area contributed by atoms with Gasteiger partial charge in [-0.05, 0) is 12.1 Å². The third-order valence-corrected chi connectivity index (χ3v) is 2.22. The van der Waals surface area contributed by atoms with Gasteiger partial charge in [0.05, 0.1) is 19.8 Å².